The predicted octanol–water partition coefficient (Wildman–Crippen LogP) is 1.51. The number of hydrogen-bond donors (Lipinski definition) is 2. The van der Waals surface area contributed by atoms with E-state index < -0.39 is 6.04 Å². The van der Waals surface area contributed by atoms with Crippen molar-refractivity contribution in [2.24, 2.45) is 17.6 Å². The second-order valence-electron chi connectivity index (χ2n) is 6.61. The van der Waals surface area contributed by atoms with Crippen LogP contribution >= 0.6 is 0 Å². The minimum atomic E-state index is -0.437. The Kier molecular flexibility index (Phi) is 7.72. The molecule has 3 N–H and O–H groups in total. The molecule has 2 atom stereocenters. The van der Waals surface area contributed by atoms with Gasteiger partial charge in [0.15, 0.2) is 0 Å². The molecule has 0 spiro atoms. The lowest BCUT2D eigenvalue weighted by atomic mass is 9.94. The molecule has 5 nitrogen and oxygen atoms in total. The van der Waals surface area contributed by atoms with Gasteiger partial charge in [-0.15, -0.1) is 0 Å². The van der Waals surface area contributed by atoms with Gasteiger partial charge in [-0.1, -0.05) is 13.8 Å². The van der Waals surface area contributed by atoms with E-state index in [1.807, 2.05) is 4.90 Å². The van der Waals surface area contributed by atoms with Crippen LogP contribution in [0.5, 0.6) is 0 Å². The van der Waals surface area contributed by atoms with Crippen LogP contribution in [-0.2, 0) is 9.59 Å². The third-order valence-electron chi connectivity index (χ3n) is 4.03. The molecule has 1 saturated heterocycles. The van der Waals surface area contributed by atoms with Crippen molar-refractivity contribution in [3.05, 3.63) is 0 Å². The van der Waals surface area contributed by atoms with E-state index in [2.05, 4.69) is 19.2 Å². The molecule has 122 valence electrons. The highest BCUT2D eigenvalue weighted by atomic mass is 16.2. The number of carbonyl (C=O) groups excluding carboxylic acids is 2. The molecule has 0 bridgehead atoms. The van der Waals surface area contributed by atoms with Gasteiger partial charge in [0, 0.05) is 19.5 Å². The molecule has 2 unspecified atom stereocenters. The van der Waals surface area contributed by atoms with Gasteiger partial charge in [-0.05, 0) is 51.0 Å². The summed E-state index contributed by atoms with van der Waals surface area (Å²) in [7, 11) is 0. The Morgan fingerprint density at radius 3 is 2.29 bits per heavy atom. The topological polar surface area (TPSA) is 75.4 Å². The van der Waals surface area contributed by atoms with Gasteiger partial charge in [0.1, 0.15) is 6.04 Å². The van der Waals surface area contributed by atoms with Gasteiger partial charge in [-0.25, -0.2) is 0 Å². The Morgan fingerprint density at radius 2 is 1.76 bits per heavy atom. The zero-order valence-corrected chi connectivity index (χ0v) is 13.7. The lowest BCUT2D eigenvalue weighted by molar-refractivity contribution is -0.136. The molecule has 1 aliphatic rings. The molecule has 0 saturated carbocycles. The number of amides is 2. The molecule has 1 rings (SSSR count). The highest BCUT2D eigenvalue weighted by molar-refractivity contribution is 5.87. The van der Waals surface area contributed by atoms with Crippen molar-refractivity contribution in [2.45, 2.75) is 58.9 Å². The van der Waals surface area contributed by atoms with Crippen LogP contribution in [0.25, 0.3) is 0 Å². The maximum atomic E-state index is 12.3. The molecule has 0 aromatic carbocycles. The van der Waals surface area contributed by atoms with Crippen LogP contribution in [-0.4, -0.2) is 42.4 Å². The van der Waals surface area contributed by atoms with Gasteiger partial charge < -0.3 is 16.0 Å². The predicted molar refractivity (Wildman–Crippen MR) is 84.7 cm³/mol. The van der Waals surface area contributed by atoms with Gasteiger partial charge in [0.2, 0.25) is 11.8 Å². The minimum absolute atomic E-state index is 0.0382. The van der Waals surface area contributed by atoms with Crippen LogP contribution in [0.3, 0.4) is 0 Å². The lowest BCUT2D eigenvalue weighted by Crippen LogP contribution is -2.48. The van der Waals surface area contributed by atoms with Crippen molar-refractivity contribution in [1.82, 2.24) is 10.2 Å². The number of hydrogen-bond acceptors (Lipinski definition) is 3. The molecular formula is C16H31N3O2. The normalized spacial score (nSPS) is 18.4. The van der Waals surface area contributed by atoms with Crippen LogP contribution in [0.1, 0.15) is 52.9 Å². The van der Waals surface area contributed by atoms with E-state index in [4.69, 9.17) is 5.73 Å². The molecule has 0 aromatic rings. The van der Waals surface area contributed by atoms with E-state index >= 15 is 0 Å². The molecule has 1 heterocycles. The largest absolute Gasteiger partial charge is 0.345 e. The second-order valence-corrected chi connectivity index (χ2v) is 6.61. The molecule has 0 aromatic heterocycles. The molecule has 1 fully saturated rings. The van der Waals surface area contributed by atoms with Crippen LogP contribution in [0, 0.1) is 11.8 Å². The molecular weight excluding hydrogens is 266 g/mol. The first-order chi connectivity index (χ1) is 9.93. The highest BCUT2D eigenvalue weighted by Crippen LogP contribution is 2.14. The van der Waals surface area contributed by atoms with E-state index in [0.717, 1.165) is 32.4 Å². The molecule has 2 amide bonds. The standard InChI is InChI=1S/C16H31N3O2/c1-12(2)9-14(11-17)10-15(20)18-13(3)16(21)19-7-5-4-6-8-19/h12-14H,4-11,17H2,1-3H3,(H,18,20). The Bertz CT molecular complexity index is 338. The van der Waals surface area contributed by atoms with Crippen LogP contribution in [0.2, 0.25) is 0 Å². The summed E-state index contributed by atoms with van der Waals surface area (Å²) in [5.74, 6) is 0.696. The van der Waals surface area contributed by atoms with Crippen molar-refractivity contribution in [3.63, 3.8) is 0 Å². The summed E-state index contributed by atoms with van der Waals surface area (Å²) in [6.07, 6.45) is 4.68. The van der Waals surface area contributed by atoms with Crippen molar-refractivity contribution in [2.75, 3.05) is 19.6 Å². The number of nitrogens with zero attached hydrogens (tertiary/aromatic N) is 1. The summed E-state index contributed by atoms with van der Waals surface area (Å²) in [5.41, 5.74) is 5.72. The van der Waals surface area contributed by atoms with E-state index in [-0.39, 0.29) is 17.7 Å². The van der Waals surface area contributed by atoms with Crippen LogP contribution < -0.4 is 11.1 Å². The van der Waals surface area contributed by atoms with Gasteiger partial charge in [-0.3, -0.25) is 9.59 Å². The molecule has 21 heavy (non-hydrogen) atoms. The zero-order valence-electron chi connectivity index (χ0n) is 13.7. The fourth-order valence-electron chi connectivity index (χ4n) is 2.94. The van der Waals surface area contributed by atoms with E-state index in [0.29, 0.717) is 18.9 Å². The third kappa shape index (κ3) is 6.46. The first-order valence-electron chi connectivity index (χ1n) is 8.22. The molecule has 1 aliphatic heterocycles. The zero-order chi connectivity index (χ0) is 15.8. The van der Waals surface area contributed by atoms with Gasteiger partial charge in [0.05, 0.1) is 0 Å². The quantitative estimate of drug-likeness (QED) is 0.748. The summed E-state index contributed by atoms with van der Waals surface area (Å²) in [4.78, 5) is 26.2. The molecule has 5 heteroatoms. The summed E-state index contributed by atoms with van der Waals surface area (Å²) < 4.78 is 0. The van der Waals surface area contributed by atoms with E-state index in [9.17, 15) is 9.59 Å². The molecule has 0 aliphatic carbocycles. The average molecular weight is 297 g/mol. The minimum Gasteiger partial charge on any atom is -0.345 e. The third-order valence-corrected chi connectivity index (χ3v) is 4.03. The monoisotopic (exact) mass is 297 g/mol. The van der Waals surface area contributed by atoms with Gasteiger partial charge >= 0.3 is 0 Å². The Morgan fingerprint density at radius 1 is 1.14 bits per heavy atom. The summed E-state index contributed by atoms with van der Waals surface area (Å²) in [6.45, 7) is 8.18. The smallest absolute Gasteiger partial charge is 0.244 e. The Balaban J connectivity index is 2.39. The maximum absolute atomic E-state index is 12.3. The summed E-state index contributed by atoms with van der Waals surface area (Å²) in [5, 5.41) is 2.83. The van der Waals surface area contributed by atoms with Gasteiger partial charge in [-0.2, -0.15) is 0 Å². The number of piperidine rings is 1. The first kappa shape index (κ1) is 18.0. The van der Waals surface area contributed by atoms with Crippen LogP contribution in [0.15, 0.2) is 0 Å². The highest BCUT2D eigenvalue weighted by Gasteiger charge is 2.24. The SMILES string of the molecule is CC(C)CC(CN)CC(=O)NC(C)C(=O)N1CCCCC1. The summed E-state index contributed by atoms with van der Waals surface area (Å²) in [6, 6.07) is -0.437. The number of carbonyl (C=O) groups is 2. The number of rotatable bonds is 7. The second kappa shape index (κ2) is 9.03. The van der Waals surface area contributed by atoms with Crippen LogP contribution in [0.4, 0.5) is 0 Å². The van der Waals surface area contributed by atoms with Crippen molar-refractivity contribution in [3.8, 4) is 0 Å². The Hall–Kier alpha value is -1.10. The van der Waals surface area contributed by atoms with E-state index in [1.54, 1.807) is 6.92 Å². The fraction of sp³-hybridized carbons (Fsp3) is 0.875. The Labute approximate surface area is 128 Å². The van der Waals surface area contributed by atoms with E-state index in [1.165, 1.54) is 6.42 Å². The van der Waals surface area contributed by atoms with Crippen molar-refractivity contribution < 1.29 is 9.59 Å². The lowest BCUT2D eigenvalue weighted by Gasteiger charge is -2.29. The van der Waals surface area contributed by atoms with Crippen molar-refractivity contribution >= 4 is 11.8 Å². The van der Waals surface area contributed by atoms with Gasteiger partial charge in [0.25, 0.3) is 0 Å². The maximum Gasteiger partial charge on any atom is 0.244 e. The number of likely N-dealkylation sites (tertiary alicyclic amines) is 1. The van der Waals surface area contributed by atoms with Crippen molar-refractivity contribution in [1.29, 1.82) is 0 Å². The first-order valence-corrected chi connectivity index (χ1v) is 8.22. The summed E-state index contributed by atoms with van der Waals surface area (Å²) >= 11 is 0. The molecule has 0 radical (unpaired) electrons. The fourth-order valence-corrected chi connectivity index (χ4v) is 2.94. The number of nitrogens with one attached hydrogen (secondary N) is 1. The average Bonchev–Trinajstić information content (AvgIpc) is 2.45. The number of nitrogens with two attached hydrogens (primary N) is 1.